The molecule has 6 nitrogen and oxygen atoms in total. The molecule has 0 bridgehead atoms. The van der Waals surface area contributed by atoms with Crippen molar-refractivity contribution >= 4 is 52.2 Å². The third-order valence-electron chi connectivity index (χ3n) is 3.35. The SMILES string of the molecule is Cc1nc(Nc2cc(Cl)cc(Cl)c2)cc(Nc2cccc(C(=O)O)c2)n1. The Hall–Kier alpha value is -2.83. The number of carboxylic acid groups (broad SMARTS) is 1. The summed E-state index contributed by atoms with van der Waals surface area (Å²) in [6.45, 7) is 1.76. The standard InChI is InChI=1S/C18H14Cl2N4O2/c1-10-21-16(23-14-4-2-3-11(5-14)18(25)26)9-17(22-10)24-15-7-12(19)6-13(20)8-15/h2-9H,1H3,(H,25,26)(H2,21,22,23,24). The fourth-order valence-electron chi connectivity index (χ4n) is 2.35. The summed E-state index contributed by atoms with van der Waals surface area (Å²) in [6, 6.07) is 13.3. The van der Waals surface area contributed by atoms with Crippen LogP contribution >= 0.6 is 23.2 Å². The van der Waals surface area contributed by atoms with Gasteiger partial charge in [-0.15, -0.1) is 0 Å². The molecule has 0 aliphatic heterocycles. The number of hydrogen-bond donors (Lipinski definition) is 3. The zero-order valence-electron chi connectivity index (χ0n) is 13.6. The molecular weight excluding hydrogens is 375 g/mol. The smallest absolute Gasteiger partial charge is 0.335 e. The van der Waals surface area contributed by atoms with Crippen molar-refractivity contribution in [3.63, 3.8) is 0 Å². The van der Waals surface area contributed by atoms with E-state index in [0.29, 0.717) is 38.9 Å². The number of anilines is 4. The number of aromatic carboxylic acids is 1. The van der Waals surface area contributed by atoms with Gasteiger partial charge in [0, 0.05) is 27.5 Å². The minimum atomic E-state index is -0.993. The third-order valence-corrected chi connectivity index (χ3v) is 3.79. The minimum absolute atomic E-state index is 0.188. The van der Waals surface area contributed by atoms with Crippen LogP contribution in [0.15, 0.2) is 48.5 Å². The zero-order chi connectivity index (χ0) is 18.7. The van der Waals surface area contributed by atoms with Crippen molar-refractivity contribution in [3.05, 3.63) is 70.0 Å². The number of aromatic nitrogens is 2. The molecule has 2 aromatic carbocycles. The number of nitrogens with zero attached hydrogens (tertiary/aromatic N) is 2. The van der Waals surface area contributed by atoms with Gasteiger partial charge < -0.3 is 15.7 Å². The first-order valence-corrected chi connectivity index (χ1v) is 8.34. The second kappa shape index (κ2) is 7.59. The Morgan fingerprint density at radius 3 is 2.15 bits per heavy atom. The van der Waals surface area contributed by atoms with E-state index in [9.17, 15) is 4.79 Å². The highest BCUT2D eigenvalue weighted by Gasteiger charge is 2.07. The third kappa shape index (κ3) is 4.62. The molecule has 0 radical (unpaired) electrons. The van der Waals surface area contributed by atoms with Crippen molar-refractivity contribution < 1.29 is 9.90 Å². The monoisotopic (exact) mass is 388 g/mol. The summed E-state index contributed by atoms with van der Waals surface area (Å²) in [4.78, 5) is 19.7. The van der Waals surface area contributed by atoms with Gasteiger partial charge in [-0.05, 0) is 43.3 Å². The molecule has 3 N–H and O–H groups in total. The van der Waals surface area contributed by atoms with Crippen LogP contribution in [0.3, 0.4) is 0 Å². The first-order chi connectivity index (χ1) is 12.4. The van der Waals surface area contributed by atoms with Crippen molar-refractivity contribution in [1.29, 1.82) is 0 Å². The fraction of sp³-hybridized carbons (Fsp3) is 0.0556. The van der Waals surface area contributed by atoms with E-state index < -0.39 is 5.97 Å². The maximum absolute atomic E-state index is 11.1. The molecule has 0 unspecified atom stereocenters. The number of rotatable bonds is 5. The molecule has 1 heterocycles. The van der Waals surface area contributed by atoms with Gasteiger partial charge in [0.25, 0.3) is 0 Å². The van der Waals surface area contributed by atoms with Crippen LogP contribution in [0.25, 0.3) is 0 Å². The quantitative estimate of drug-likeness (QED) is 0.551. The van der Waals surface area contributed by atoms with E-state index in [1.165, 1.54) is 12.1 Å². The molecule has 0 fully saturated rings. The minimum Gasteiger partial charge on any atom is -0.478 e. The second-order valence-corrected chi connectivity index (χ2v) is 6.35. The number of benzene rings is 2. The largest absolute Gasteiger partial charge is 0.478 e. The number of carboxylic acids is 1. The summed E-state index contributed by atoms with van der Waals surface area (Å²) in [5.41, 5.74) is 1.49. The normalized spacial score (nSPS) is 10.4. The molecule has 0 aliphatic carbocycles. The number of aryl methyl sites for hydroxylation is 1. The molecule has 8 heteroatoms. The van der Waals surface area contributed by atoms with Gasteiger partial charge in [0.15, 0.2) is 0 Å². The van der Waals surface area contributed by atoms with Crippen LogP contribution in [-0.2, 0) is 0 Å². The Balaban J connectivity index is 1.85. The summed E-state index contributed by atoms with van der Waals surface area (Å²) in [6.07, 6.45) is 0. The maximum Gasteiger partial charge on any atom is 0.335 e. The summed E-state index contributed by atoms with van der Waals surface area (Å²) >= 11 is 12.0. The molecule has 0 atom stereocenters. The van der Waals surface area contributed by atoms with Crippen molar-refractivity contribution in [1.82, 2.24) is 9.97 Å². The molecule has 0 saturated carbocycles. The highest BCUT2D eigenvalue weighted by Crippen LogP contribution is 2.26. The molecule has 1 aromatic heterocycles. The van der Waals surface area contributed by atoms with Crippen LogP contribution in [0.2, 0.25) is 10.0 Å². The Labute approximate surface area is 159 Å². The van der Waals surface area contributed by atoms with Gasteiger partial charge in [-0.2, -0.15) is 0 Å². The zero-order valence-corrected chi connectivity index (χ0v) is 15.1. The summed E-state index contributed by atoms with van der Waals surface area (Å²) in [7, 11) is 0. The van der Waals surface area contributed by atoms with E-state index in [1.54, 1.807) is 43.3 Å². The number of hydrogen-bond acceptors (Lipinski definition) is 5. The first kappa shape index (κ1) is 18.0. The first-order valence-electron chi connectivity index (χ1n) is 7.58. The van der Waals surface area contributed by atoms with Crippen molar-refractivity contribution in [2.45, 2.75) is 6.92 Å². The lowest BCUT2D eigenvalue weighted by molar-refractivity contribution is 0.0697. The van der Waals surface area contributed by atoms with Gasteiger partial charge in [-0.1, -0.05) is 29.3 Å². The molecule has 26 heavy (non-hydrogen) atoms. The maximum atomic E-state index is 11.1. The van der Waals surface area contributed by atoms with E-state index in [1.807, 2.05) is 0 Å². The topological polar surface area (TPSA) is 87.1 Å². The van der Waals surface area contributed by atoms with Crippen LogP contribution < -0.4 is 10.6 Å². The molecule has 0 amide bonds. The van der Waals surface area contributed by atoms with Crippen LogP contribution in [-0.4, -0.2) is 21.0 Å². The number of nitrogens with one attached hydrogen (secondary N) is 2. The van der Waals surface area contributed by atoms with E-state index in [4.69, 9.17) is 28.3 Å². The lowest BCUT2D eigenvalue weighted by Gasteiger charge is -2.11. The molecule has 132 valence electrons. The fourth-order valence-corrected chi connectivity index (χ4v) is 2.87. The summed E-state index contributed by atoms with van der Waals surface area (Å²) in [5, 5.41) is 16.3. The molecule has 3 aromatic rings. The van der Waals surface area contributed by atoms with Crippen LogP contribution in [0.4, 0.5) is 23.0 Å². The molecular formula is C18H14Cl2N4O2. The number of halogens is 2. The average molecular weight is 389 g/mol. The van der Waals surface area contributed by atoms with E-state index in [-0.39, 0.29) is 5.56 Å². The number of carbonyl (C=O) groups is 1. The van der Waals surface area contributed by atoms with Gasteiger partial charge in [0.1, 0.15) is 17.5 Å². The van der Waals surface area contributed by atoms with Crippen molar-refractivity contribution in [2.75, 3.05) is 10.6 Å². The summed E-state index contributed by atoms with van der Waals surface area (Å²) < 4.78 is 0. The van der Waals surface area contributed by atoms with Crippen LogP contribution in [0.5, 0.6) is 0 Å². The van der Waals surface area contributed by atoms with Crippen LogP contribution in [0.1, 0.15) is 16.2 Å². The van der Waals surface area contributed by atoms with Crippen molar-refractivity contribution in [3.8, 4) is 0 Å². The highest BCUT2D eigenvalue weighted by molar-refractivity contribution is 6.35. The van der Waals surface area contributed by atoms with Gasteiger partial charge in [0.2, 0.25) is 0 Å². The Morgan fingerprint density at radius 1 is 0.923 bits per heavy atom. The van der Waals surface area contributed by atoms with Crippen LogP contribution in [0, 0.1) is 6.92 Å². The van der Waals surface area contributed by atoms with Gasteiger partial charge in [0.05, 0.1) is 5.56 Å². The lowest BCUT2D eigenvalue weighted by atomic mass is 10.2. The average Bonchev–Trinajstić information content (AvgIpc) is 2.53. The lowest BCUT2D eigenvalue weighted by Crippen LogP contribution is -2.02. The van der Waals surface area contributed by atoms with Gasteiger partial charge >= 0.3 is 5.97 Å². The molecule has 0 spiro atoms. The predicted molar refractivity (Wildman–Crippen MR) is 103 cm³/mol. The molecule has 0 saturated heterocycles. The predicted octanol–water partition coefficient (Wildman–Crippen LogP) is 5.28. The van der Waals surface area contributed by atoms with Gasteiger partial charge in [-0.3, -0.25) is 0 Å². The van der Waals surface area contributed by atoms with E-state index in [2.05, 4.69) is 20.6 Å². The molecule has 3 rings (SSSR count). The second-order valence-electron chi connectivity index (χ2n) is 5.48. The highest BCUT2D eigenvalue weighted by atomic mass is 35.5. The van der Waals surface area contributed by atoms with Crippen molar-refractivity contribution in [2.24, 2.45) is 0 Å². The Morgan fingerprint density at radius 2 is 1.54 bits per heavy atom. The van der Waals surface area contributed by atoms with E-state index in [0.717, 1.165) is 0 Å². The summed E-state index contributed by atoms with van der Waals surface area (Å²) in [5.74, 6) is 0.621. The Kier molecular flexibility index (Phi) is 5.25. The molecule has 0 aliphatic rings. The van der Waals surface area contributed by atoms with E-state index >= 15 is 0 Å². The van der Waals surface area contributed by atoms with Gasteiger partial charge in [-0.25, -0.2) is 14.8 Å². The Bertz CT molecular complexity index is 959.